The molecule has 3 aromatic heterocycles. The number of anilines is 1. The van der Waals surface area contributed by atoms with Gasteiger partial charge in [0.25, 0.3) is 5.56 Å². The van der Waals surface area contributed by atoms with E-state index >= 15 is 0 Å². The first-order valence-electron chi connectivity index (χ1n) is 10.1. The number of hydrogen-bond acceptors (Lipinski definition) is 6. The summed E-state index contributed by atoms with van der Waals surface area (Å²) < 4.78 is 1.91. The number of aromatic amines is 1. The van der Waals surface area contributed by atoms with E-state index in [1.54, 1.807) is 6.07 Å². The predicted octanol–water partition coefficient (Wildman–Crippen LogP) is 3.47. The fraction of sp³-hybridized carbons (Fsp3) is 0.333. The maximum Gasteiger partial charge on any atom is 0.260 e. The molecule has 0 bridgehead atoms. The van der Waals surface area contributed by atoms with Gasteiger partial charge in [0.15, 0.2) is 5.65 Å². The number of benzene rings is 1. The van der Waals surface area contributed by atoms with Crippen LogP contribution in [0, 0.1) is 0 Å². The van der Waals surface area contributed by atoms with Crippen LogP contribution in [0.2, 0.25) is 5.02 Å². The number of nitrogens with one attached hydrogen (secondary N) is 3. The highest BCUT2D eigenvalue weighted by molar-refractivity contribution is 6.35. The number of aromatic nitrogens is 5. The van der Waals surface area contributed by atoms with Gasteiger partial charge in [-0.15, -0.1) is 0 Å². The Kier molecular flexibility index (Phi) is 3.88. The van der Waals surface area contributed by atoms with Crippen molar-refractivity contribution in [1.29, 1.82) is 0 Å². The van der Waals surface area contributed by atoms with Crippen molar-refractivity contribution in [1.82, 2.24) is 30.0 Å². The second-order valence-corrected chi connectivity index (χ2v) is 8.47. The van der Waals surface area contributed by atoms with E-state index in [0.717, 1.165) is 41.5 Å². The molecule has 30 heavy (non-hydrogen) atoms. The zero-order valence-electron chi connectivity index (χ0n) is 16.3. The highest BCUT2D eigenvalue weighted by Crippen LogP contribution is 2.38. The Hall–Kier alpha value is -2.97. The van der Waals surface area contributed by atoms with Gasteiger partial charge in [0.2, 0.25) is 0 Å². The molecule has 2 aliphatic rings. The Morgan fingerprint density at radius 3 is 2.87 bits per heavy atom. The Morgan fingerprint density at radius 2 is 2.10 bits per heavy atom. The SMILES string of the molecule is C[C@H](Nc1ncnc2[nH]nc(C3CN3)c12)c1cc2cccc(Cl)c2c(=O)n1C1CC1. The monoisotopic (exact) mass is 421 g/mol. The smallest absolute Gasteiger partial charge is 0.260 e. The molecule has 3 N–H and O–H groups in total. The van der Waals surface area contributed by atoms with Crippen molar-refractivity contribution < 1.29 is 0 Å². The Labute approximate surface area is 176 Å². The zero-order chi connectivity index (χ0) is 20.4. The van der Waals surface area contributed by atoms with Crippen LogP contribution in [0.4, 0.5) is 5.82 Å². The van der Waals surface area contributed by atoms with Gasteiger partial charge in [-0.05, 0) is 37.3 Å². The highest BCUT2D eigenvalue weighted by Gasteiger charge is 2.31. The molecule has 6 rings (SSSR count). The molecule has 2 fully saturated rings. The van der Waals surface area contributed by atoms with E-state index in [9.17, 15) is 4.79 Å². The largest absolute Gasteiger partial charge is 0.361 e. The van der Waals surface area contributed by atoms with E-state index in [-0.39, 0.29) is 23.7 Å². The fourth-order valence-corrected chi connectivity index (χ4v) is 4.43. The maximum atomic E-state index is 13.3. The summed E-state index contributed by atoms with van der Waals surface area (Å²) in [7, 11) is 0. The molecule has 1 aliphatic heterocycles. The fourth-order valence-electron chi connectivity index (χ4n) is 4.17. The number of fused-ring (bicyclic) bond motifs is 2. The third kappa shape index (κ3) is 2.79. The van der Waals surface area contributed by atoms with Crippen molar-refractivity contribution in [3.05, 3.63) is 57.4 Å². The van der Waals surface area contributed by atoms with Gasteiger partial charge >= 0.3 is 0 Å². The molecule has 0 radical (unpaired) electrons. The first-order valence-corrected chi connectivity index (χ1v) is 10.5. The summed E-state index contributed by atoms with van der Waals surface area (Å²) in [6.07, 6.45) is 3.53. The number of halogens is 1. The average molecular weight is 422 g/mol. The number of pyridine rings is 1. The zero-order valence-corrected chi connectivity index (χ0v) is 17.1. The molecule has 4 aromatic rings. The van der Waals surface area contributed by atoms with E-state index in [1.165, 1.54) is 6.33 Å². The van der Waals surface area contributed by atoms with E-state index in [1.807, 2.05) is 23.6 Å². The lowest BCUT2D eigenvalue weighted by Gasteiger charge is -2.21. The van der Waals surface area contributed by atoms with E-state index < -0.39 is 0 Å². The van der Waals surface area contributed by atoms with Gasteiger partial charge in [-0.2, -0.15) is 5.10 Å². The van der Waals surface area contributed by atoms with Crippen molar-refractivity contribution in [2.24, 2.45) is 0 Å². The molecule has 2 atom stereocenters. The summed E-state index contributed by atoms with van der Waals surface area (Å²) in [5, 5.41) is 17.0. The molecular formula is C21H20ClN7O. The Morgan fingerprint density at radius 1 is 1.27 bits per heavy atom. The van der Waals surface area contributed by atoms with Gasteiger partial charge in [-0.3, -0.25) is 9.89 Å². The van der Waals surface area contributed by atoms with Crippen LogP contribution in [0.3, 0.4) is 0 Å². The second-order valence-electron chi connectivity index (χ2n) is 8.06. The number of nitrogens with zero attached hydrogens (tertiary/aromatic N) is 4. The molecule has 1 saturated heterocycles. The Balaban J connectivity index is 1.47. The summed E-state index contributed by atoms with van der Waals surface area (Å²) >= 11 is 6.36. The summed E-state index contributed by atoms with van der Waals surface area (Å²) in [6, 6.07) is 7.96. The van der Waals surface area contributed by atoms with Crippen LogP contribution in [-0.2, 0) is 0 Å². The minimum absolute atomic E-state index is 0.0248. The van der Waals surface area contributed by atoms with Crippen molar-refractivity contribution in [3.8, 4) is 0 Å². The maximum absolute atomic E-state index is 13.3. The van der Waals surface area contributed by atoms with Gasteiger partial charge in [-0.25, -0.2) is 9.97 Å². The molecule has 1 aromatic carbocycles. The van der Waals surface area contributed by atoms with Gasteiger partial charge < -0.3 is 15.2 Å². The van der Waals surface area contributed by atoms with Crippen molar-refractivity contribution in [3.63, 3.8) is 0 Å². The average Bonchev–Trinajstić information content (AvgIpc) is 3.66. The van der Waals surface area contributed by atoms with Gasteiger partial charge in [0.05, 0.1) is 33.6 Å². The molecule has 8 nitrogen and oxygen atoms in total. The van der Waals surface area contributed by atoms with E-state index in [0.29, 0.717) is 21.9 Å². The number of rotatable bonds is 5. The van der Waals surface area contributed by atoms with Crippen LogP contribution in [0.25, 0.3) is 21.8 Å². The predicted molar refractivity (Wildman–Crippen MR) is 116 cm³/mol. The van der Waals surface area contributed by atoms with Crippen LogP contribution in [-0.4, -0.2) is 31.3 Å². The highest BCUT2D eigenvalue weighted by atomic mass is 35.5. The lowest BCUT2D eigenvalue weighted by Crippen LogP contribution is -2.26. The summed E-state index contributed by atoms with van der Waals surface area (Å²) in [5.74, 6) is 0.714. The van der Waals surface area contributed by atoms with Crippen LogP contribution >= 0.6 is 11.6 Å². The Bertz CT molecular complexity index is 1350. The first-order chi connectivity index (χ1) is 14.6. The minimum Gasteiger partial charge on any atom is -0.361 e. The van der Waals surface area contributed by atoms with Gasteiger partial charge in [0, 0.05) is 18.3 Å². The van der Waals surface area contributed by atoms with Crippen LogP contribution in [0.5, 0.6) is 0 Å². The minimum atomic E-state index is -0.144. The molecular weight excluding hydrogens is 402 g/mol. The molecule has 1 saturated carbocycles. The van der Waals surface area contributed by atoms with Gasteiger partial charge in [-0.1, -0.05) is 23.7 Å². The van der Waals surface area contributed by atoms with Crippen molar-refractivity contribution >= 4 is 39.2 Å². The van der Waals surface area contributed by atoms with Gasteiger partial charge in [0.1, 0.15) is 12.1 Å². The summed E-state index contributed by atoms with van der Waals surface area (Å²) in [5.41, 5.74) is 2.53. The first kappa shape index (κ1) is 17.9. The second kappa shape index (κ2) is 6.52. The molecule has 0 amide bonds. The quantitative estimate of drug-likeness (QED) is 0.425. The molecule has 1 aliphatic carbocycles. The third-order valence-electron chi connectivity index (χ3n) is 5.89. The molecule has 4 heterocycles. The number of hydrogen-bond donors (Lipinski definition) is 3. The summed E-state index contributed by atoms with van der Waals surface area (Å²) in [6.45, 7) is 2.95. The van der Waals surface area contributed by atoms with Crippen molar-refractivity contribution in [2.45, 2.75) is 37.9 Å². The van der Waals surface area contributed by atoms with Crippen LogP contribution in [0.15, 0.2) is 35.4 Å². The lowest BCUT2D eigenvalue weighted by molar-refractivity contribution is 0.636. The molecule has 1 unspecified atom stereocenters. The lowest BCUT2D eigenvalue weighted by atomic mass is 10.1. The standard InChI is InChI=1S/C21H20ClN7O/c1-10(26-19-17-18(14-8-23-14)27-28-20(17)25-9-24-19)15-7-11-3-2-4-13(22)16(11)21(30)29(15)12-5-6-12/h2-4,7,9-10,12,14,23H,5-6,8H2,1H3,(H2,24,25,26,27,28)/t10-,14?/m0/s1. The number of H-pyrrole nitrogens is 1. The van der Waals surface area contributed by atoms with Crippen LogP contribution in [0.1, 0.15) is 49.3 Å². The normalized spacial score (nSPS) is 19.3. The molecule has 9 heteroatoms. The van der Waals surface area contributed by atoms with E-state index in [4.69, 9.17) is 11.6 Å². The molecule has 152 valence electrons. The summed E-state index contributed by atoms with van der Waals surface area (Å²) in [4.78, 5) is 22.1. The van der Waals surface area contributed by atoms with Crippen molar-refractivity contribution in [2.75, 3.05) is 11.9 Å². The molecule has 0 spiro atoms. The third-order valence-corrected chi connectivity index (χ3v) is 6.21. The topological polar surface area (TPSA) is 110 Å². The van der Waals surface area contributed by atoms with Crippen LogP contribution < -0.4 is 16.2 Å². The van der Waals surface area contributed by atoms with E-state index in [2.05, 4.69) is 36.9 Å².